The van der Waals surface area contributed by atoms with E-state index in [4.69, 9.17) is 10.5 Å². The fourth-order valence-corrected chi connectivity index (χ4v) is 10.3. The summed E-state index contributed by atoms with van der Waals surface area (Å²) < 4.78 is 6.80. The van der Waals surface area contributed by atoms with Crippen LogP contribution in [0.3, 0.4) is 0 Å². The van der Waals surface area contributed by atoms with Crippen molar-refractivity contribution in [1.29, 1.82) is 0 Å². The lowest BCUT2D eigenvalue weighted by molar-refractivity contribution is -0.150. The van der Waals surface area contributed by atoms with Gasteiger partial charge in [0.15, 0.2) is 13.9 Å². The third-order valence-electron chi connectivity index (χ3n) is 9.90. The monoisotopic (exact) mass is 642 g/mol. The van der Waals surface area contributed by atoms with E-state index in [1.165, 1.54) is 0 Å². The molecule has 1 spiro atoms. The first-order valence-electron chi connectivity index (χ1n) is 15.9. The van der Waals surface area contributed by atoms with E-state index in [1.807, 2.05) is 56.4 Å². The third kappa shape index (κ3) is 5.61. The number of fused-ring (bicyclic) bond motifs is 2. The molecule has 6 rings (SSSR count). The summed E-state index contributed by atoms with van der Waals surface area (Å²) in [5, 5.41) is 12.7. The number of nitrogen functional groups attached to an aromatic ring is 1. The maximum atomic E-state index is 14.6. The number of carbonyl (C=O) groups excluding carboxylic acids is 3. The number of aliphatic hydroxyl groups excluding tert-OH is 1. The Morgan fingerprint density at radius 1 is 1.07 bits per heavy atom. The number of amides is 3. The highest BCUT2D eigenvalue weighted by Gasteiger charge is 2.66. The fraction of sp³-hybridized carbons (Fsp3) is 0.400. The minimum atomic E-state index is -2.93. The van der Waals surface area contributed by atoms with Crippen molar-refractivity contribution < 1.29 is 29.0 Å². The minimum Gasteiger partial charge on any atom is -0.432 e. The molecule has 10 nitrogen and oxygen atoms in total. The van der Waals surface area contributed by atoms with E-state index in [-0.39, 0.29) is 54.8 Å². The van der Waals surface area contributed by atoms with E-state index in [9.17, 15) is 24.3 Å². The number of nitrogens with two attached hydrogens (primary N) is 1. The highest BCUT2D eigenvalue weighted by Crippen LogP contribution is 2.59. The number of likely N-dealkylation sites (tertiary alicyclic amines) is 1. The van der Waals surface area contributed by atoms with Crippen molar-refractivity contribution in [2.24, 2.45) is 5.92 Å². The molecule has 3 aliphatic rings. The predicted octanol–water partition coefficient (Wildman–Crippen LogP) is 4.24. The number of nitrogens with zero attached hydrogens (tertiary/aromatic N) is 2. The van der Waals surface area contributed by atoms with E-state index >= 15 is 0 Å². The molecule has 242 valence electrons. The summed E-state index contributed by atoms with van der Waals surface area (Å²) in [6.45, 7) is 6.43. The number of rotatable bonds is 8. The maximum absolute atomic E-state index is 14.6. The zero-order valence-electron chi connectivity index (χ0n) is 26.5. The quantitative estimate of drug-likeness (QED) is 0.213. The number of hydrogen-bond acceptors (Lipinski definition) is 7. The van der Waals surface area contributed by atoms with Crippen LogP contribution < -0.4 is 16.0 Å². The van der Waals surface area contributed by atoms with Gasteiger partial charge in [-0.15, -0.1) is 0 Å². The predicted molar refractivity (Wildman–Crippen MR) is 178 cm³/mol. The first-order chi connectivity index (χ1) is 21.9. The normalized spacial score (nSPS) is 25.7. The molecule has 11 heteroatoms. The van der Waals surface area contributed by atoms with Gasteiger partial charge in [-0.25, -0.2) is 0 Å². The molecule has 0 aromatic heterocycles. The van der Waals surface area contributed by atoms with Crippen molar-refractivity contribution in [3.05, 3.63) is 89.5 Å². The molecule has 3 aromatic rings. The number of ether oxygens (including phenoxy) is 1. The number of aliphatic hydroxyl groups is 1. The van der Waals surface area contributed by atoms with E-state index in [0.29, 0.717) is 23.5 Å². The zero-order chi connectivity index (χ0) is 32.8. The Labute approximate surface area is 270 Å². The summed E-state index contributed by atoms with van der Waals surface area (Å²) in [7, 11) is -2.93. The van der Waals surface area contributed by atoms with E-state index in [1.54, 1.807) is 46.2 Å². The molecule has 5 N–H and O–H groups in total. The Kier molecular flexibility index (Phi) is 8.53. The van der Waals surface area contributed by atoms with Crippen molar-refractivity contribution in [2.45, 2.75) is 69.1 Å². The molecule has 3 aliphatic heterocycles. The van der Waals surface area contributed by atoms with Gasteiger partial charge in [0.2, 0.25) is 5.91 Å². The first kappa shape index (κ1) is 31.9. The number of para-hydroxylation sites is 1. The van der Waals surface area contributed by atoms with Crippen LogP contribution >= 0.6 is 0 Å². The first-order valence-corrected chi connectivity index (χ1v) is 18.9. The minimum absolute atomic E-state index is 0.0449. The maximum Gasteiger partial charge on any atom is 0.264 e. The highest BCUT2D eigenvalue weighted by molar-refractivity contribution is 6.71. The second kappa shape index (κ2) is 12.3. The molecule has 46 heavy (non-hydrogen) atoms. The van der Waals surface area contributed by atoms with E-state index in [2.05, 4.69) is 5.32 Å². The lowest BCUT2D eigenvalue weighted by atomic mass is 9.82. The molecule has 0 bridgehead atoms. The highest BCUT2D eigenvalue weighted by atomic mass is 28.4. The molecular weight excluding hydrogens is 600 g/mol. The molecule has 3 heterocycles. The van der Waals surface area contributed by atoms with Crippen molar-refractivity contribution in [2.75, 3.05) is 29.1 Å². The Hall–Kier alpha value is -4.03. The van der Waals surface area contributed by atoms with Gasteiger partial charge in [0.1, 0.15) is 0 Å². The number of nitrogens with one attached hydrogen (secondary N) is 1. The van der Waals surface area contributed by atoms with Crippen LogP contribution in [0.15, 0.2) is 72.8 Å². The van der Waals surface area contributed by atoms with Crippen molar-refractivity contribution in [3.8, 4) is 0 Å². The number of carbonyl (C=O) groups is 3. The molecule has 3 amide bonds. The zero-order valence-corrected chi connectivity index (χ0v) is 27.5. The van der Waals surface area contributed by atoms with Crippen molar-refractivity contribution in [3.63, 3.8) is 0 Å². The summed E-state index contributed by atoms with van der Waals surface area (Å²) in [5.41, 5.74) is 8.07. The largest absolute Gasteiger partial charge is 0.432 e. The average Bonchev–Trinajstić information content (AvgIpc) is 3.69. The summed E-state index contributed by atoms with van der Waals surface area (Å²) in [6, 6.07) is 21.4. The van der Waals surface area contributed by atoms with Gasteiger partial charge in [0, 0.05) is 40.5 Å². The number of hydrogen-bond donors (Lipinski definition) is 4. The Morgan fingerprint density at radius 3 is 2.43 bits per heavy atom. The standard InChI is InChI=1S/C35H42N4O6Si/c1-22-32(46(2,3)44)30(19-31(41)38-18-6-7-27(38)21-40)45-35(22)28-8-4-5-9-29(28)39(34(35)43)20-23-10-16-26(17-11-23)37-33(42)24-12-14-25(36)15-13-24/h4-5,8-17,22,27,30,32,40,44H,6-7,18-21,36H2,1-3H3,(H,37,42)/t22-,27-,30+,32-,35+/m0/s1. The van der Waals surface area contributed by atoms with E-state index < -0.39 is 20.0 Å². The summed E-state index contributed by atoms with van der Waals surface area (Å²) >= 11 is 0. The summed E-state index contributed by atoms with van der Waals surface area (Å²) in [6.07, 6.45) is 0.996. The second-order valence-electron chi connectivity index (χ2n) is 13.3. The van der Waals surface area contributed by atoms with Crippen LogP contribution in [0.1, 0.15) is 47.7 Å². The summed E-state index contributed by atoms with van der Waals surface area (Å²) in [5.74, 6) is -0.961. The van der Waals surface area contributed by atoms with Crippen LogP contribution in [-0.4, -0.2) is 66.1 Å². The molecule has 3 aromatic carbocycles. The van der Waals surface area contributed by atoms with Gasteiger partial charge in [-0.05, 0) is 74.0 Å². The Balaban J connectivity index is 1.25. The lowest BCUT2D eigenvalue weighted by Crippen LogP contribution is -2.46. The SMILES string of the molecule is C[C@H]1[C@H]([Si](C)(C)O)[C@@H](CC(=O)N2CCC[C@H]2CO)O[C@]12C(=O)N(Cc1ccc(NC(=O)c3ccc(N)cc3)cc1)c1ccccc12. The second-order valence-corrected chi connectivity index (χ2v) is 17.3. The molecule has 0 aliphatic carbocycles. The van der Waals surface area contributed by atoms with Gasteiger partial charge in [0.25, 0.3) is 11.8 Å². The molecule has 5 atom stereocenters. The molecule has 2 fully saturated rings. The van der Waals surface area contributed by atoms with Gasteiger partial charge < -0.3 is 35.5 Å². The number of anilines is 3. The van der Waals surface area contributed by atoms with Crippen LogP contribution in [0.2, 0.25) is 18.6 Å². The van der Waals surface area contributed by atoms with E-state index in [0.717, 1.165) is 29.7 Å². The topological polar surface area (TPSA) is 145 Å². The molecule has 0 saturated carbocycles. The summed E-state index contributed by atoms with van der Waals surface area (Å²) in [4.78, 5) is 55.7. The lowest BCUT2D eigenvalue weighted by Gasteiger charge is -2.32. The molecule has 0 unspecified atom stereocenters. The third-order valence-corrected chi connectivity index (χ3v) is 12.4. The van der Waals surface area contributed by atoms with Crippen LogP contribution in [0.4, 0.5) is 17.1 Å². The number of benzene rings is 3. The van der Waals surface area contributed by atoms with Gasteiger partial charge in [0.05, 0.1) is 37.4 Å². The Bertz CT molecular complexity index is 1630. The van der Waals surface area contributed by atoms with Gasteiger partial charge in [-0.1, -0.05) is 37.3 Å². The van der Waals surface area contributed by atoms with Crippen molar-refractivity contribution >= 4 is 43.1 Å². The molecular formula is C35H42N4O6Si. The molecule has 2 saturated heterocycles. The van der Waals surface area contributed by atoms with Crippen LogP contribution in [-0.2, 0) is 26.5 Å². The van der Waals surface area contributed by atoms with Crippen molar-refractivity contribution in [1.82, 2.24) is 4.90 Å². The van der Waals surface area contributed by atoms with Crippen LogP contribution in [0, 0.1) is 5.92 Å². The molecule has 0 radical (unpaired) electrons. The van der Waals surface area contributed by atoms with Gasteiger partial charge in [-0.3, -0.25) is 14.4 Å². The van der Waals surface area contributed by atoms with Crippen LogP contribution in [0.25, 0.3) is 0 Å². The smallest absolute Gasteiger partial charge is 0.264 e. The Morgan fingerprint density at radius 2 is 1.76 bits per heavy atom. The fourth-order valence-electron chi connectivity index (χ4n) is 7.75. The van der Waals surface area contributed by atoms with Gasteiger partial charge in [-0.2, -0.15) is 0 Å². The average molecular weight is 643 g/mol. The van der Waals surface area contributed by atoms with Gasteiger partial charge >= 0.3 is 0 Å². The van der Waals surface area contributed by atoms with Crippen LogP contribution in [0.5, 0.6) is 0 Å².